The van der Waals surface area contributed by atoms with Crippen molar-refractivity contribution < 1.29 is 0 Å². The molecule has 1 aliphatic rings. The van der Waals surface area contributed by atoms with Crippen molar-refractivity contribution in [1.82, 2.24) is 0 Å². The molecule has 0 saturated heterocycles. The Morgan fingerprint density at radius 3 is 2.47 bits per heavy atom. The van der Waals surface area contributed by atoms with E-state index >= 15 is 0 Å². The first-order valence-corrected chi connectivity index (χ1v) is 8.10. The quantitative estimate of drug-likeness (QED) is 0.613. The molecule has 0 fully saturated rings. The fourth-order valence-electron chi connectivity index (χ4n) is 2.55. The predicted molar refractivity (Wildman–Crippen MR) is 87.7 cm³/mol. The SMILES string of the molecule is CC(C)c1cc2c3c(c4ccsc4c2s1)NC=CN3. The van der Waals surface area contributed by atoms with Crippen LogP contribution in [0.4, 0.5) is 11.4 Å². The summed E-state index contributed by atoms with van der Waals surface area (Å²) in [5.41, 5.74) is 2.42. The van der Waals surface area contributed by atoms with Gasteiger partial charge in [-0.3, -0.25) is 0 Å². The van der Waals surface area contributed by atoms with Crippen LogP contribution >= 0.6 is 22.7 Å². The second-order valence-electron chi connectivity index (χ2n) is 5.08. The third-order valence-corrected chi connectivity index (χ3v) is 6.03. The molecule has 2 nitrogen and oxygen atoms in total. The summed E-state index contributed by atoms with van der Waals surface area (Å²) >= 11 is 3.76. The first kappa shape index (κ1) is 11.3. The summed E-state index contributed by atoms with van der Waals surface area (Å²) in [5.74, 6) is 0.579. The Morgan fingerprint density at radius 2 is 1.74 bits per heavy atom. The van der Waals surface area contributed by atoms with Gasteiger partial charge in [-0.15, -0.1) is 22.7 Å². The van der Waals surface area contributed by atoms with Crippen LogP contribution in [0.2, 0.25) is 0 Å². The number of anilines is 2. The lowest BCUT2D eigenvalue weighted by Gasteiger charge is -2.16. The fourth-order valence-corrected chi connectivity index (χ4v) is 4.80. The van der Waals surface area contributed by atoms with Crippen molar-refractivity contribution in [3.8, 4) is 0 Å². The zero-order valence-corrected chi connectivity index (χ0v) is 12.4. The molecule has 2 N–H and O–H groups in total. The van der Waals surface area contributed by atoms with Gasteiger partial charge in [0, 0.05) is 28.0 Å². The number of hydrogen-bond donors (Lipinski definition) is 2. The van der Waals surface area contributed by atoms with Crippen LogP contribution in [0, 0.1) is 0 Å². The van der Waals surface area contributed by atoms with E-state index in [1.807, 2.05) is 35.1 Å². The second-order valence-corrected chi connectivity index (χ2v) is 7.08. The van der Waals surface area contributed by atoms with Crippen molar-refractivity contribution in [2.75, 3.05) is 10.6 Å². The van der Waals surface area contributed by atoms with Crippen LogP contribution in [0.5, 0.6) is 0 Å². The zero-order chi connectivity index (χ0) is 13.0. The second kappa shape index (κ2) is 3.99. The first-order valence-electron chi connectivity index (χ1n) is 6.40. The van der Waals surface area contributed by atoms with Gasteiger partial charge in [0.25, 0.3) is 0 Å². The number of hydrogen-bond acceptors (Lipinski definition) is 4. The molecular weight excluding hydrogens is 272 g/mol. The lowest BCUT2D eigenvalue weighted by molar-refractivity contribution is 0.890. The van der Waals surface area contributed by atoms with Crippen molar-refractivity contribution in [2.24, 2.45) is 0 Å². The maximum absolute atomic E-state index is 3.41. The third-order valence-electron chi connectivity index (χ3n) is 3.52. The van der Waals surface area contributed by atoms with Crippen LogP contribution < -0.4 is 10.6 Å². The molecule has 1 aromatic carbocycles. The highest BCUT2D eigenvalue weighted by molar-refractivity contribution is 7.26. The summed E-state index contributed by atoms with van der Waals surface area (Å²) in [6.45, 7) is 4.52. The van der Waals surface area contributed by atoms with Gasteiger partial charge in [-0.25, -0.2) is 0 Å². The Bertz CT molecular complexity index is 808. The monoisotopic (exact) mass is 286 g/mol. The summed E-state index contributed by atoms with van der Waals surface area (Å²) in [6.07, 6.45) is 3.92. The minimum absolute atomic E-state index is 0.579. The summed E-state index contributed by atoms with van der Waals surface area (Å²) in [7, 11) is 0. The molecule has 4 heteroatoms. The van der Waals surface area contributed by atoms with Gasteiger partial charge in [0.1, 0.15) is 0 Å². The predicted octanol–water partition coefficient (Wildman–Crippen LogP) is 5.55. The van der Waals surface area contributed by atoms with Gasteiger partial charge in [-0.2, -0.15) is 0 Å². The van der Waals surface area contributed by atoms with Crippen LogP contribution in [-0.4, -0.2) is 0 Å². The Morgan fingerprint density at radius 1 is 1.00 bits per heavy atom. The van der Waals surface area contributed by atoms with Gasteiger partial charge >= 0.3 is 0 Å². The summed E-state index contributed by atoms with van der Waals surface area (Å²) in [4.78, 5) is 1.45. The number of nitrogens with one attached hydrogen (secondary N) is 2. The Kier molecular flexibility index (Phi) is 2.37. The zero-order valence-electron chi connectivity index (χ0n) is 10.8. The Balaban J connectivity index is 2.18. The molecule has 0 saturated carbocycles. The van der Waals surface area contributed by atoms with Crippen molar-refractivity contribution >= 4 is 54.2 Å². The molecule has 19 heavy (non-hydrogen) atoms. The number of fused-ring (bicyclic) bond motifs is 6. The molecule has 1 aliphatic heterocycles. The van der Waals surface area contributed by atoms with E-state index in [1.54, 1.807) is 0 Å². The molecule has 0 unspecified atom stereocenters. The molecule has 0 aliphatic carbocycles. The number of thiophene rings is 2. The standard InChI is InChI=1S/C15H14N2S2/c1-8(2)11-7-10-13-12(16-4-5-17-13)9-3-6-18-14(9)15(10)19-11/h3-8,16-17H,1-2H3. The van der Waals surface area contributed by atoms with E-state index in [-0.39, 0.29) is 0 Å². The van der Waals surface area contributed by atoms with Gasteiger partial charge in [0.15, 0.2) is 0 Å². The molecule has 0 atom stereocenters. The average Bonchev–Trinajstić information content (AvgIpc) is 3.05. The lowest BCUT2D eigenvalue weighted by atomic mass is 10.1. The number of benzene rings is 1. The maximum atomic E-state index is 3.41. The van der Waals surface area contributed by atoms with Crippen LogP contribution in [0.15, 0.2) is 29.9 Å². The first-order chi connectivity index (χ1) is 9.25. The largest absolute Gasteiger partial charge is 0.358 e. The van der Waals surface area contributed by atoms with Gasteiger partial charge in [0.2, 0.25) is 0 Å². The van der Waals surface area contributed by atoms with Crippen LogP contribution in [-0.2, 0) is 0 Å². The molecular formula is C15H14N2S2. The minimum atomic E-state index is 0.579. The molecule has 0 bridgehead atoms. The van der Waals surface area contributed by atoms with E-state index in [9.17, 15) is 0 Å². The molecule has 2 aromatic heterocycles. The Labute approximate surface area is 119 Å². The summed E-state index contributed by atoms with van der Waals surface area (Å²) in [6, 6.07) is 4.55. The van der Waals surface area contributed by atoms with Gasteiger partial charge in [-0.05, 0) is 23.4 Å². The molecule has 96 valence electrons. The minimum Gasteiger partial charge on any atom is -0.358 e. The third kappa shape index (κ3) is 1.53. The van der Waals surface area contributed by atoms with Gasteiger partial charge < -0.3 is 10.6 Å². The van der Waals surface area contributed by atoms with Crippen LogP contribution in [0.25, 0.3) is 20.2 Å². The van der Waals surface area contributed by atoms with Crippen LogP contribution in [0.1, 0.15) is 24.6 Å². The molecule has 4 rings (SSSR count). The highest BCUT2D eigenvalue weighted by Gasteiger charge is 2.19. The topological polar surface area (TPSA) is 24.1 Å². The normalized spacial score (nSPS) is 13.8. The van der Waals surface area contributed by atoms with Crippen LogP contribution in [0.3, 0.4) is 0 Å². The highest BCUT2D eigenvalue weighted by atomic mass is 32.1. The van der Waals surface area contributed by atoms with Crippen molar-refractivity contribution in [3.63, 3.8) is 0 Å². The molecule has 3 aromatic rings. The van der Waals surface area contributed by atoms with Crippen molar-refractivity contribution in [3.05, 3.63) is 34.8 Å². The van der Waals surface area contributed by atoms with E-state index in [0.717, 1.165) is 0 Å². The maximum Gasteiger partial charge on any atom is 0.0714 e. The Hall–Kier alpha value is -1.52. The highest BCUT2D eigenvalue weighted by Crippen LogP contribution is 2.47. The van der Waals surface area contributed by atoms with Crippen molar-refractivity contribution in [1.29, 1.82) is 0 Å². The van der Waals surface area contributed by atoms with Gasteiger partial charge in [0.05, 0.1) is 20.8 Å². The average molecular weight is 286 g/mol. The molecule has 0 spiro atoms. The molecule has 3 heterocycles. The lowest BCUT2D eigenvalue weighted by Crippen LogP contribution is -2.02. The van der Waals surface area contributed by atoms with Crippen molar-refractivity contribution in [2.45, 2.75) is 19.8 Å². The smallest absolute Gasteiger partial charge is 0.0714 e. The van der Waals surface area contributed by atoms with E-state index in [4.69, 9.17) is 0 Å². The fraction of sp³-hybridized carbons (Fsp3) is 0.200. The molecule has 0 radical (unpaired) electrons. The van der Waals surface area contributed by atoms with E-state index in [1.165, 1.54) is 36.4 Å². The number of rotatable bonds is 1. The van der Waals surface area contributed by atoms with E-state index in [0.29, 0.717) is 5.92 Å². The molecule has 0 amide bonds. The van der Waals surface area contributed by atoms with E-state index < -0.39 is 0 Å². The summed E-state index contributed by atoms with van der Waals surface area (Å²) < 4.78 is 2.81. The van der Waals surface area contributed by atoms with E-state index in [2.05, 4.69) is 42.0 Å². The summed E-state index contributed by atoms with van der Waals surface area (Å²) in [5, 5.41) is 11.6. The van der Waals surface area contributed by atoms with Gasteiger partial charge in [-0.1, -0.05) is 13.8 Å².